The first-order valence-electron chi connectivity index (χ1n) is 9.18. The summed E-state index contributed by atoms with van der Waals surface area (Å²) in [4.78, 5) is 27.3. The molecule has 3 rings (SSSR count). The summed E-state index contributed by atoms with van der Waals surface area (Å²) >= 11 is 0. The van der Waals surface area contributed by atoms with Gasteiger partial charge in [0.15, 0.2) is 5.78 Å². The fourth-order valence-corrected chi connectivity index (χ4v) is 2.99. The van der Waals surface area contributed by atoms with Crippen LogP contribution in [0.5, 0.6) is 5.75 Å². The Morgan fingerprint density at radius 2 is 1.46 bits per heavy atom. The molecule has 0 aliphatic rings. The first kappa shape index (κ1) is 19.4. The highest BCUT2D eigenvalue weighted by Gasteiger charge is 2.19. The summed E-state index contributed by atoms with van der Waals surface area (Å²) in [7, 11) is 1.60. The zero-order valence-corrected chi connectivity index (χ0v) is 15.9. The minimum atomic E-state index is -0.0959. The lowest BCUT2D eigenvalue weighted by Crippen LogP contribution is -2.36. The molecule has 0 aliphatic carbocycles. The van der Waals surface area contributed by atoms with E-state index in [1.54, 1.807) is 24.1 Å². The van der Waals surface area contributed by atoms with E-state index < -0.39 is 0 Å². The van der Waals surface area contributed by atoms with Crippen LogP contribution in [0.4, 0.5) is 0 Å². The van der Waals surface area contributed by atoms with Gasteiger partial charge >= 0.3 is 0 Å². The molecule has 0 aliphatic heterocycles. The molecule has 0 atom stereocenters. The SMILES string of the molecule is COc1cccc(CC(=O)N(CC(=O)c2ccccc2)Cc2ccccc2)c1. The number of rotatable bonds is 8. The number of amides is 1. The number of ketones is 1. The Hall–Kier alpha value is -3.40. The first-order valence-corrected chi connectivity index (χ1v) is 9.18. The highest BCUT2D eigenvalue weighted by atomic mass is 16.5. The van der Waals surface area contributed by atoms with Crippen LogP contribution >= 0.6 is 0 Å². The summed E-state index contributed by atoms with van der Waals surface area (Å²) in [6, 6.07) is 26.2. The number of nitrogens with zero attached hydrogens (tertiary/aromatic N) is 1. The van der Waals surface area contributed by atoms with Crippen LogP contribution in [-0.4, -0.2) is 30.2 Å². The van der Waals surface area contributed by atoms with Crippen LogP contribution in [0, 0.1) is 0 Å². The highest BCUT2D eigenvalue weighted by molar-refractivity contribution is 5.99. The van der Waals surface area contributed by atoms with Gasteiger partial charge in [-0.3, -0.25) is 9.59 Å². The summed E-state index contributed by atoms with van der Waals surface area (Å²) in [6.07, 6.45) is 0.214. The van der Waals surface area contributed by atoms with Gasteiger partial charge in [0, 0.05) is 12.1 Å². The lowest BCUT2D eigenvalue weighted by molar-refractivity contribution is -0.130. The third-order valence-corrected chi connectivity index (χ3v) is 4.49. The molecule has 28 heavy (non-hydrogen) atoms. The van der Waals surface area contributed by atoms with Crippen LogP contribution in [0.15, 0.2) is 84.9 Å². The Kier molecular flexibility index (Phi) is 6.58. The first-order chi connectivity index (χ1) is 13.7. The third kappa shape index (κ3) is 5.30. The molecule has 3 aromatic carbocycles. The van der Waals surface area contributed by atoms with Crippen LogP contribution < -0.4 is 4.74 Å². The van der Waals surface area contributed by atoms with Gasteiger partial charge in [-0.05, 0) is 23.3 Å². The van der Waals surface area contributed by atoms with Gasteiger partial charge in [-0.2, -0.15) is 0 Å². The molecule has 1 amide bonds. The van der Waals surface area contributed by atoms with Crippen molar-refractivity contribution in [2.75, 3.05) is 13.7 Å². The summed E-state index contributed by atoms with van der Waals surface area (Å²) in [5.41, 5.74) is 2.45. The van der Waals surface area contributed by atoms with Crippen LogP contribution in [-0.2, 0) is 17.8 Å². The molecule has 4 nitrogen and oxygen atoms in total. The summed E-state index contributed by atoms with van der Waals surface area (Å²) in [5, 5.41) is 0. The summed E-state index contributed by atoms with van der Waals surface area (Å²) in [6.45, 7) is 0.434. The molecular formula is C24H23NO3. The zero-order valence-electron chi connectivity index (χ0n) is 15.9. The monoisotopic (exact) mass is 373 g/mol. The Morgan fingerprint density at radius 3 is 2.14 bits per heavy atom. The molecule has 0 saturated heterocycles. The summed E-state index contributed by atoms with van der Waals surface area (Å²) < 4.78 is 5.24. The third-order valence-electron chi connectivity index (χ3n) is 4.49. The Morgan fingerprint density at radius 1 is 0.821 bits per heavy atom. The second-order valence-electron chi connectivity index (χ2n) is 6.55. The van der Waals surface area contributed by atoms with Crippen molar-refractivity contribution in [2.45, 2.75) is 13.0 Å². The molecule has 0 aromatic heterocycles. The number of carbonyl (C=O) groups excluding carboxylic acids is 2. The fourth-order valence-electron chi connectivity index (χ4n) is 2.99. The van der Waals surface area contributed by atoms with Crippen molar-refractivity contribution in [3.8, 4) is 5.75 Å². The van der Waals surface area contributed by atoms with E-state index in [0.29, 0.717) is 17.9 Å². The normalized spacial score (nSPS) is 10.3. The Bertz CT molecular complexity index is 923. The van der Waals surface area contributed by atoms with E-state index in [1.807, 2.05) is 72.8 Å². The molecule has 4 heteroatoms. The van der Waals surface area contributed by atoms with Gasteiger partial charge in [0.25, 0.3) is 0 Å². The zero-order chi connectivity index (χ0) is 19.8. The van der Waals surface area contributed by atoms with E-state index in [2.05, 4.69) is 0 Å². The molecule has 0 fully saturated rings. The van der Waals surface area contributed by atoms with Gasteiger partial charge in [-0.1, -0.05) is 72.8 Å². The maximum Gasteiger partial charge on any atom is 0.227 e. The lowest BCUT2D eigenvalue weighted by atomic mass is 10.1. The second-order valence-corrected chi connectivity index (χ2v) is 6.55. The molecule has 0 heterocycles. The Labute approximate surface area is 165 Å². The van der Waals surface area contributed by atoms with Crippen molar-refractivity contribution in [1.82, 2.24) is 4.90 Å². The van der Waals surface area contributed by atoms with E-state index >= 15 is 0 Å². The molecule has 0 radical (unpaired) electrons. The highest BCUT2D eigenvalue weighted by Crippen LogP contribution is 2.15. The minimum Gasteiger partial charge on any atom is -0.497 e. The number of hydrogen-bond acceptors (Lipinski definition) is 3. The van der Waals surface area contributed by atoms with Crippen molar-refractivity contribution in [3.63, 3.8) is 0 Å². The van der Waals surface area contributed by atoms with Crippen LogP contribution in [0.1, 0.15) is 21.5 Å². The Balaban J connectivity index is 1.78. The van der Waals surface area contributed by atoms with Gasteiger partial charge in [0.05, 0.1) is 20.1 Å². The fraction of sp³-hybridized carbons (Fsp3) is 0.167. The lowest BCUT2D eigenvalue weighted by Gasteiger charge is -2.22. The minimum absolute atomic E-state index is 0.0434. The van der Waals surface area contributed by atoms with Crippen molar-refractivity contribution < 1.29 is 14.3 Å². The van der Waals surface area contributed by atoms with Crippen molar-refractivity contribution in [2.24, 2.45) is 0 Å². The predicted octanol–water partition coefficient (Wildman–Crippen LogP) is 4.15. The maximum absolute atomic E-state index is 13.0. The second kappa shape index (κ2) is 9.51. The van der Waals surface area contributed by atoms with Gasteiger partial charge in [-0.25, -0.2) is 0 Å². The molecule has 0 spiro atoms. The number of hydrogen-bond donors (Lipinski definition) is 0. The molecule has 0 bridgehead atoms. The van der Waals surface area contributed by atoms with Crippen LogP contribution in [0.25, 0.3) is 0 Å². The number of carbonyl (C=O) groups is 2. The number of benzene rings is 3. The van der Waals surface area contributed by atoms with Crippen LogP contribution in [0.3, 0.4) is 0 Å². The van der Waals surface area contributed by atoms with E-state index in [1.165, 1.54) is 0 Å². The van der Waals surface area contributed by atoms with Crippen molar-refractivity contribution in [3.05, 3.63) is 102 Å². The van der Waals surface area contributed by atoms with Crippen molar-refractivity contribution >= 4 is 11.7 Å². The molecule has 3 aromatic rings. The summed E-state index contributed by atoms with van der Waals surface area (Å²) in [5.74, 6) is 0.539. The largest absolute Gasteiger partial charge is 0.497 e. The number of Topliss-reactive ketones (excluding diaryl/α,β-unsaturated/α-hetero) is 1. The average Bonchev–Trinajstić information content (AvgIpc) is 2.74. The standard InChI is InChI=1S/C24H23NO3/c1-28-22-14-8-11-20(15-22)16-24(27)25(17-19-9-4-2-5-10-19)18-23(26)21-12-6-3-7-13-21/h2-15H,16-18H2,1H3. The van der Waals surface area contributed by atoms with Gasteiger partial charge in [0.1, 0.15) is 5.75 Å². The van der Waals surface area contributed by atoms with Crippen LogP contribution in [0.2, 0.25) is 0 Å². The van der Waals surface area contributed by atoms with Gasteiger partial charge < -0.3 is 9.64 Å². The molecule has 142 valence electrons. The molecule has 0 saturated carbocycles. The molecular weight excluding hydrogens is 350 g/mol. The smallest absolute Gasteiger partial charge is 0.227 e. The van der Waals surface area contributed by atoms with Gasteiger partial charge in [0.2, 0.25) is 5.91 Å². The van der Waals surface area contributed by atoms with E-state index in [-0.39, 0.29) is 24.7 Å². The van der Waals surface area contributed by atoms with E-state index in [9.17, 15) is 9.59 Å². The van der Waals surface area contributed by atoms with E-state index in [0.717, 1.165) is 11.1 Å². The maximum atomic E-state index is 13.0. The van der Waals surface area contributed by atoms with E-state index in [4.69, 9.17) is 4.74 Å². The number of methoxy groups -OCH3 is 1. The van der Waals surface area contributed by atoms with Crippen molar-refractivity contribution in [1.29, 1.82) is 0 Å². The molecule has 0 N–H and O–H groups in total. The number of ether oxygens (including phenoxy) is 1. The molecule has 0 unspecified atom stereocenters. The van der Waals surface area contributed by atoms with Gasteiger partial charge in [-0.15, -0.1) is 0 Å². The predicted molar refractivity (Wildman–Crippen MR) is 109 cm³/mol. The average molecular weight is 373 g/mol. The quantitative estimate of drug-likeness (QED) is 0.557. The topological polar surface area (TPSA) is 46.6 Å².